The minimum Gasteiger partial charge on any atom is -0.383 e. The van der Waals surface area contributed by atoms with Gasteiger partial charge in [0, 0.05) is 37.7 Å². The van der Waals surface area contributed by atoms with Gasteiger partial charge in [0.25, 0.3) is 0 Å². The van der Waals surface area contributed by atoms with Gasteiger partial charge < -0.3 is 4.90 Å². The maximum atomic E-state index is 12.3. The van der Waals surface area contributed by atoms with E-state index < -0.39 is 0 Å². The van der Waals surface area contributed by atoms with E-state index in [2.05, 4.69) is 18.4 Å². The Morgan fingerprint density at radius 1 is 1.44 bits per heavy atom. The number of carbonyl (C=O) groups is 1. The molecule has 1 aliphatic heterocycles. The molecule has 2 aliphatic rings. The topological polar surface area (TPSA) is 23.3 Å². The van der Waals surface area contributed by atoms with Crippen molar-refractivity contribution in [3.05, 3.63) is 23.5 Å². The molecule has 0 aromatic heterocycles. The fraction of sp³-hybridized carbons (Fsp3) is 0.538. The number of ketones is 1. The Kier molecular flexibility index (Phi) is 2.30. The number of hydrogen-bond acceptors (Lipinski definition) is 2. The molecule has 0 N–H and O–H groups in total. The Morgan fingerprint density at radius 2 is 2.06 bits per heavy atom. The largest absolute Gasteiger partial charge is 0.383 e. The van der Waals surface area contributed by atoms with Gasteiger partial charge in [-0.3, -0.25) is 4.79 Å². The second kappa shape index (κ2) is 3.30. The number of fused-ring (bicyclic) bond motifs is 1. The summed E-state index contributed by atoms with van der Waals surface area (Å²) in [5, 5.41) is 0. The lowest BCUT2D eigenvalue weighted by atomic mass is 9.69. The summed E-state index contributed by atoms with van der Waals surface area (Å²) < 4.78 is 2.06. The fourth-order valence-corrected chi connectivity index (χ4v) is 2.34. The molecule has 3 heteroatoms. The molecule has 0 radical (unpaired) electrons. The van der Waals surface area contributed by atoms with E-state index in [-0.39, 0.29) is 11.2 Å². The molecule has 1 fully saturated rings. The van der Waals surface area contributed by atoms with Crippen molar-refractivity contribution >= 4 is 11.5 Å². The molecule has 0 saturated heterocycles. The lowest BCUT2D eigenvalue weighted by Gasteiger charge is -2.34. The quantitative estimate of drug-likeness (QED) is 0.492. The number of hydrogen-bond donors (Lipinski definition) is 0. The Labute approximate surface area is 96.8 Å². The predicted octanol–water partition coefficient (Wildman–Crippen LogP) is 1.41. The number of rotatable bonds is 1. The average molecular weight is 219 g/mol. The third-order valence-corrected chi connectivity index (χ3v) is 3.27. The molecule has 86 valence electrons. The molecular formula is C13H19N2O+. The van der Waals surface area contributed by atoms with Crippen LogP contribution in [0.25, 0.3) is 0 Å². The van der Waals surface area contributed by atoms with Gasteiger partial charge in [-0.1, -0.05) is 13.8 Å². The Bertz CT molecular complexity index is 451. The summed E-state index contributed by atoms with van der Waals surface area (Å²) >= 11 is 0. The van der Waals surface area contributed by atoms with Crippen molar-refractivity contribution in [3.63, 3.8) is 0 Å². The Hall–Kier alpha value is -1.38. The van der Waals surface area contributed by atoms with Gasteiger partial charge in [-0.25, -0.2) is 4.58 Å². The van der Waals surface area contributed by atoms with E-state index in [9.17, 15) is 4.79 Å². The van der Waals surface area contributed by atoms with E-state index in [1.54, 1.807) is 0 Å². The van der Waals surface area contributed by atoms with Crippen LogP contribution >= 0.6 is 0 Å². The van der Waals surface area contributed by atoms with E-state index >= 15 is 0 Å². The first-order valence-corrected chi connectivity index (χ1v) is 5.57. The number of allylic oxidation sites excluding steroid dienone is 2. The second-order valence-corrected chi connectivity index (χ2v) is 5.50. The highest BCUT2D eigenvalue weighted by molar-refractivity contribution is 6.30. The summed E-state index contributed by atoms with van der Waals surface area (Å²) in [7, 11) is 5.91. The third-order valence-electron chi connectivity index (χ3n) is 3.27. The van der Waals surface area contributed by atoms with Crippen LogP contribution in [0.15, 0.2) is 23.5 Å². The van der Waals surface area contributed by atoms with Crippen LogP contribution in [-0.4, -0.2) is 42.1 Å². The summed E-state index contributed by atoms with van der Waals surface area (Å²) in [5.74, 6) is 0.193. The van der Waals surface area contributed by atoms with Crippen molar-refractivity contribution in [3.8, 4) is 0 Å². The molecule has 16 heavy (non-hydrogen) atoms. The van der Waals surface area contributed by atoms with Gasteiger partial charge in [0.15, 0.2) is 17.5 Å². The second-order valence-electron chi connectivity index (χ2n) is 5.50. The van der Waals surface area contributed by atoms with E-state index in [1.807, 2.05) is 38.4 Å². The molecular weight excluding hydrogens is 200 g/mol. The molecule has 1 aliphatic carbocycles. The van der Waals surface area contributed by atoms with E-state index in [4.69, 9.17) is 0 Å². The highest BCUT2D eigenvalue weighted by atomic mass is 16.1. The van der Waals surface area contributed by atoms with Gasteiger partial charge in [0.05, 0.1) is 0 Å². The third kappa shape index (κ3) is 1.51. The standard InChI is InChI=1S/C13H19N2O/c1-13(2)6-11-9(7-15(11)5)12(16)10(13)8-14(3)4/h7-8H,6H2,1-5H3/q+1. The highest BCUT2D eigenvalue weighted by Gasteiger charge is 2.47. The van der Waals surface area contributed by atoms with Crippen LogP contribution in [0.5, 0.6) is 0 Å². The maximum absolute atomic E-state index is 12.3. The van der Waals surface area contributed by atoms with E-state index in [0.29, 0.717) is 0 Å². The van der Waals surface area contributed by atoms with Crippen LogP contribution in [0.3, 0.4) is 0 Å². The highest BCUT2D eigenvalue weighted by Crippen LogP contribution is 2.40. The first-order chi connectivity index (χ1) is 7.33. The molecule has 0 bridgehead atoms. The summed E-state index contributed by atoms with van der Waals surface area (Å²) in [6.45, 7) is 4.27. The van der Waals surface area contributed by atoms with Crippen LogP contribution in [0, 0.1) is 5.41 Å². The van der Waals surface area contributed by atoms with Gasteiger partial charge in [0.1, 0.15) is 7.05 Å². The summed E-state index contributed by atoms with van der Waals surface area (Å²) in [4.78, 5) is 14.2. The predicted molar refractivity (Wildman–Crippen MR) is 64.4 cm³/mol. The molecule has 1 heterocycles. The molecule has 0 aromatic rings. The molecule has 0 unspecified atom stereocenters. The van der Waals surface area contributed by atoms with E-state index in [0.717, 1.165) is 17.6 Å². The SMILES string of the molecule is CN(C)C=C1C(=O)C2=C[N+](C)=C2CC1(C)C. The monoisotopic (exact) mass is 219 g/mol. The zero-order valence-electron chi connectivity index (χ0n) is 10.7. The Balaban J connectivity index is 2.42. The van der Waals surface area contributed by atoms with Crippen LogP contribution in [0.1, 0.15) is 20.3 Å². The van der Waals surface area contributed by atoms with Crippen LogP contribution < -0.4 is 0 Å². The number of Topliss-reactive ketones (excluding diaryl/α,β-unsaturated/α-hetero) is 1. The van der Waals surface area contributed by atoms with Crippen molar-refractivity contribution in [1.29, 1.82) is 0 Å². The van der Waals surface area contributed by atoms with Crippen LogP contribution in [-0.2, 0) is 4.79 Å². The molecule has 0 spiro atoms. The Morgan fingerprint density at radius 3 is 2.56 bits per heavy atom. The average Bonchev–Trinajstić information content (AvgIpc) is 2.16. The first-order valence-electron chi connectivity index (χ1n) is 5.57. The van der Waals surface area contributed by atoms with Gasteiger partial charge >= 0.3 is 0 Å². The van der Waals surface area contributed by atoms with Crippen molar-refractivity contribution < 1.29 is 9.37 Å². The van der Waals surface area contributed by atoms with Crippen molar-refractivity contribution in [1.82, 2.24) is 4.90 Å². The van der Waals surface area contributed by atoms with Gasteiger partial charge in [-0.05, 0) is 0 Å². The summed E-state index contributed by atoms with van der Waals surface area (Å²) in [5.41, 5.74) is 2.93. The van der Waals surface area contributed by atoms with Crippen molar-refractivity contribution in [2.45, 2.75) is 20.3 Å². The molecule has 1 saturated carbocycles. The number of carbonyl (C=O) groups excluding carboxylic acids is 1. The molecule has 0 atom stereocenters. The lowest BCUT2D eigenvalue weighted by molar-refractivity contribution is -0.436. The minimum atomic E-state index is -0.0668. The maximum Gasteiger partial charge on any atom is 0.203 e. The molecule has 3 nitrogen and oxygen atoms in total. The van der Waals surface area contributed by atoms with Crippen molar-refractivity contribution in [2.24, 2.45) is 5.41 Å². The zero-order chi connectivity index (χ0) is 12.1. The van der Waals surface area contributed by atoms with Crippen LogP contribution in [0.4, 0.5) is 0 Å². The summed E-state index contributed by atoms with van der Waals surface area (Å²) in [6, 6.07) is 0. The molecule has 0 amide bonds. The lowest BCUT2D eigenvalue weighted by Crippen LogP contribution is -2.42. The van der Waals surface area contributed by atoms with Crippen LogP contribution in [0.2, 0.25) is 0 Å². The summed E-state index contributed by atoms with van der Waals surface area (Å²) in [6.07, 6.45) is 4.83. The molecule has 2 rings (SSSR count). The van der Waals surface area contributed by atoms with Crippen molar-refractivity contribution in [2.75, 3.05) is 21.1 Å². The minimum absolute atomic E-state index is 0.0668. The molecule has 0 aromatic carbocycles. The zero-order valence-corrected chi connectivity index (χ0v) is 10.7. The fourth-order valence-electron chi connectivity index (χ4n) is 2.34. The van der Waals surface area contributed by atoms with E-state index in [1.165, 1.54) is 5.71 Å². The van der Waals surface area contributed by atoms with Gasteiger partial charge in [-0.15, -0.1) is 0 Å². The smallest absolute Gasteiger partial charge is 0.203 e. The first kappa shape index (κ1) is 11.1. The number of nitrogens with zero attached hydrogens (tertiary/aromatic N) is 2. The van der Waals surface area contributed by atoms with Gasteiger partial charge in [-0.2, -0.15) is 0 Å². The normalized spacial score (nSPS) is 25.2. The van der Waals surface area contributed by atoms with Gasteiger partial charge in [0.2, 0.25) is 5.78 Å².